The number of imidazole rings is 1. The molecule has 0 bridgehead atoms. The van der Waals surface area contributed by atoms with Gasteiger partial charge in [-0.1, -0.05) is 19.3 Å². The smallest absolute Gasteiger partial charge is 0.313 e. The number of amides is 2. The summed E-state index contributed by atoms with van der Waals surface area (Å²) in [4.78, 5) is 33.1. The largest absolute Gasteiger partial charge is 0.345 e. The van der Waals surface area contributed by atoms with Crippen LogP contribution in [0.4, 0.5) is 5.69 Å². The first kappa shape index (κ1) is 14.6. The monoisotopic (exact) mass is 300 g/mol. The van der Waals surface area contributed by atoms with Gasteiger partial charge in [0.1, 0.15) is 0 Å². The third-order valence-corrected chi connectivity index (χ3v) is 4.32. The summed E-state index contributed by atoms with van der Waals surface area (Å²) >= 11 is 0. The van der Waals surface area contributed by atoms with Crippen molar-refractivity contribution in [1.29, 1.82) is 0 Å². The lowest BCUT2D eigenvalue weighted by molar-refractivity contribution is -0.144. The molecule has 0 saturated heterocycles. The van der Waals surface area contributed by atoms with Crippen molar-refractivity contribution in [1.82, 2.24) is 14.9 Å². The lowest BCUT2D eigenvalue weighted by Crippen LogP contribution is -2.44. The minimum atomic E-state index is -0.591. The Hall–Kier alpha value is -2.37. The van der Waals surface area contributed by atoms with E-state index in [2.05, 4.69) is 15.3 Å². The van der Waals surface area contributed by atoms with E-state index < -0.39 is 11.8 Å². The van der Waals surface area contributed by atoms with E-state index in [1.807, 2.05) is 0 Å². The molecule has 1 aromatic carbocycles. The van der Waals surface area contributed by atoms with E-state index in [4.69, 9.17) is 0 Å². The fraction of sp³-hybridized carbons (Fsp3) is 0.438. The van der Waals surface area contributed by atoms with Crippen molar-refractivity contribution >= 4 is 28.5 Å². The zero-order valence-electron chi connectivity index (χ0n) is 12.6. The number of rotatable bonds is 2. The molecular formula is C16H20N4O2. The Morgan fingerprint density at radius 1 is 1.27 bits per heavy atom. The molecule has 1 aromatic heterocycles. The van der Waals surface area contributed by atoms with E-state index >= 15 is 0 Å². The summed E-state index contributed by atoms with van der Waals surface area (Å²) in [5.41, 5.74) is 2.24. The van der Waals surface area contributed by atoms with Crippen molar-refractivity contribution in [2.24, 2.45) is 0 Å². The number of nitrogens with one attached hydrogen (secondary N) is 2. The second-order valence-corrected chi connectivity index (χ2v) is 5.80. The third kappa shape index (κ3) is 2.95. The average Bonchev–Trinajstić information content (AvgIpc) is 3.02. The van der Waals surface area contributed by atoms with Crippen molar-refractivity contribution in [3.8, 4) is 0 Å². The number of likely N-dealkylation sites (N-methyl/N-ethyl adjacent to an activating group) is 1. The molecule has 22 heavy (non-hydrogen) atoms. The molecule has 1 fully saturated rings. The van der Waals surface area contributed by atoms with E-state index in [1.54, 1.807) is 36.5 Å². The number of aromatic amines is 1. The highest BCUT2D eigenvalue weighted by Gasteiger charge is 2.26. The van der Waals surface area contributed by atoms with Crippen LogP contribution in [0.1, 0.15) is 32.1 Å². The molecular weight excluding hydrogens is 280 g/mol. The first-order chi connectivity index (χ1) is 10.6. The highest BCUT2D eigenvalue weighted by atomic mass is 16.2. The number of nitrogens with zero attached hydrogens (tertiary/aromatic N) is 2. The first-order valence-corrected chi connectivity index (χ1v) is 7.66. The summed E-state index contributed by atoms with van der Waals surface area (Å²) in [6.07, 6.45) is 7.03. The number of carbonyl (C=O) groups is 2. The van der Waals surface area contributed by atoms with Gasteiger partial charge in [0, 0.05) is 18.8 Å². The lowest BCUT2D eigenvalue weighted by Gasteiger charge is -2.30. The predicted octanol–water partition coefficient (Wildman–Crippen LogP) is 2.29. The molecule has 1 aliphatic rings. The van der Waals surface area contributed by atoms with Gasteiger partial charge in [-0.15, -0.1) is 0 Å². The molecule has 3 rings (SSSR count). The molecule has 1 aliphatic carbocycles. The molecule has 0 atom stereocenters. The van der Waals surface area contributed by atoms with Gasteiger partial charge in [0.15, 0.2) is 0 Å². The van der Waals surface area contributed by atoms with Gasteiger partial charge in [0.25, 0.3) is 0 Å². The van der Waals surface area contributed by atoms with Crippen molar-refractivity contribution in [2.45, 2.75) is 38.1 Å². The second-order valence-electron chi connectivity index (χ2n) is 5.80. The Morgan fingerprint density at radius 2 is 2.05 bits per heavy atom. The molecule has 2 N–H and O–H groups in total. The van der Waals surface area contributed by atoms with Gasteiger partial charge < -0.3 is 15.2 Å². The number of anilines is 1. The van der Waals surface area contributed by atoms with Crippen LogP contribution in [0, 0.1) is 0 Å². The molecule has 0 radical (unpaired) electrons. The fourth-order valence-corrected chi connectivity index (χ4v) is 2.99. The Labute approximate surface area is 128 Å². The average molecular weight is 300 g/mol. The van der Waals surface area contributed by atoms with Crippen LogP contribution in [0.25, 0.3) is 11.0 Å². The van der Waals surface area contributed by atoms with E-state index in [0.717, 1.165) is 36.7 Å². The van der Waals surface area contributed by atoms with E-state index in [-0.39, 0.29) is 6.04 Å². The van der Waals surface area contributed by atoms with Crippen LogP contribution in [0.5, 0.6) is 0 Å². The van der Waals surface area contributed by atoms with Crippen LogP contribution in [-0.4, -0.2) is 39.8 Å². The molecule has 6 nitrogen and oxygen atoms in total. The van der Waals surface area contributed by atoms with Crippen molar-refractivity contribution in [3.05, 3.63) is 24.5 Å². The van der Waals surface area contributed by atoms with E-state index in [9.17, 15) is 9.59 Å². The molecule has 1 saturated carbocycles. The Kier molecular flexibility index (Phi) is 4.09. The Morgan fingerprint density at radius 3 is 2.82 bits per heavy atom. The van der Waals surface area contributed by atoms with Crippen LogP contribution in [0.2, 0.25) is 0 Å². The summed E-state index contributed by atoms with van der Waals surface area (Å²) in [6.45, 7) is 0. The van der Waals surface area contributed by atoms with Crippen molar-refractivity contribution < 1.29 is 9.59 Å². The molecule has 116 valence electrons. The maximum absolute atomic E-state index is 12.3. The number of fused-ring (bicyclic) bond motifs is 1. The van der Waals surface area contributed by atoms with Gasteiger partial charge in [-0.2, -0.15) is 0 Å². The quantitative estimate of drug-likeness (QED) is 0.835. The standard InChI is InChI=1S/C16H20N4O2/c1-20(12-5-3-2-4-6-12)16(22)15(21)19-11-7-8-13-14(9-11)18-10-17-13/h7-10,12H,2-6H2,1H3,(H,17,18)(H,19,21). The summed E-state index contributed by atoms with van der Waals surface area (Å²) in [7, 11) is 1.72. The minimum absolute atomic E-state index is 0.182. The summed E-state index contributed by atoms with van der Waals surface area (Å²) < 4.78 is 0. The zero-order chi connectivity index (χ0) is 15.5. The van der Waals surface area contributed by atoms with Gasteiger partial charge in [-0.25, -0.2) is 4.98 Å². The highest BCUT2D eigenvalue weighted by Crippen LogP contribution is 2.22. The van der Waals surface area contributed by atoms with Gasteiger partial charge in [0.05, 0.1) is 17.4 Å². The normalized spacial score (nSPS) is 15.7. The predicted molar refractivity (Wildman–Crippen MR) is 84.4 cm³/mol. The second kappa shape index (κ2) is 6.17. The van der Waals surface area contributed by atoms with Crippen molar-refractivity contribution in [3.63, 3.8) is 0 Å². The van der Waals surface area contributed by atoms with E-state index in [0.29, 0.717) is 5.69 Å². The summed E-state index contributed by atoms with van der Waals surface area (Å²) in [5, 5.41) is 2.67. The topological polar surface area (TPSA) is 78.1 Å². The molecule has 0 unspecified atom stereocenters. The number of carbonyl (C=O) groups excluding carboxylic acids is 2. The molecule has 1 heterocycles. The zero-order valence-corrected chi connectivity index (χ0v) is 12.6. The summed E-state index contributed by atoms with van der Waals surface area (Å²) in [5.74, 6) is -1.07. The van der Waals surface area contributed by atoms with Gasteiger partial charge in [-0.05, 0) is 31.0 Å². The number of hydrogen-bond donors (Lipinski definition) is 2. The van der Waals surface area contributed by atoms with Crippen LogP contribution in [-0.2, 0) is 9.59 Å². The third-order valence-electron chi connectivity index (χ3n) is 4.32. The maximum Gasteiger partial charge on any atom is 0.313 e. The van der Waals surface area contributed by atoms with Crippen LogP contribution in [0.3, 0.4) is 0 Å². The minimum Gasteiger partial charge on any atom is -0.345 e. The lowest BCUT2D eigenvalue weighted by atomic mass is 9.94. The van der Waals surface area contributed by atoms with Crippen LogP contribution < -0.4 is 5.32 Å². The highest BCUT2D eigenvalue weighted by molar-refractivity contribution is 6.39. The SMILES string of the molecule is CN(C(=O)C(=O)Nc1ccc2nc[nH]c2c1)C1CCCCC1. The Balaban J connectivity index is 1.66. The number of benzene rings is 1. The van der Waals surface area contributed by atoms with E-state index in [1.165, 1.54) is 6.42 Å². The maximum atomic E-state index is 12.3. The number of H-pyrrole nitrogens is 1. The van der Waals surface area contributed by atoms with Crippen LogP contribution >= 0.6 is 0 Å². The van der Waals surface area contributed by atoms with Gasteiger partial charge >= 0.3 is 11.8 Å². The van der Waals surface area contributed by atoms with Gasteiger partial charge in [0.2, 0.25) is 0 Å². The number of aromatic nitrogens is 2. The molecule has 0 spiro atoms. The number of hydrogen-bond acceptors (Lipinski definition) is 3. The summed E-state index contributed by atoms with van der Waals surface area (Å²) in [6, 6.07) is 5.50. The van der Waals surface area contributed by atoms with Crippen molar-refractivity contribution in [2.75, 3.05) is 12.4 Å². The van der Waals surface area contributed by atoms with Gasteiger partial charge in [-0.3, -0.25) is 9.59 Å². The fourth-order valence-electron chi connectivity index (χ4n) is 2.99. The Bertz CT molecular complexity index is 688. The molecule has 0 aliphatic heterocycles. The molecule has 2 aromatic rings. The van der Waals surface area contributed by atoms with Crippen LogP contribution in [0.15, 0.2) is 24.5 Å². The first-order valence-electron chi connectivity index (χ1n) is 7.66. The molecule has 2 amide bonds. The molecule has 6 heteroatoms.